The minimum atomic E-state index is -0.147. The summed E-state index contributed by atoms with van der Waals surface area (Å²) in [6, 6.07) is 64.0. The number of hydrogen-bond donors (Lipinski definition) is 0. The molecular weight excluding hydrogens is 679 g/mol. The maximum atomic E-state index is 5.37. The van der Waals surface area contributed by atoms with Crippen LogP contribution < -0.4 is 0 Å². The van der Waals surface area contributed by atoms with Crippen LogP contribution in [0.4, 0.5) is 0 Å². The summed E-state index contributed by atoms with van der Waals surface area (Å²) in [5.41, 5.74) is 12.9. The van der Waals surface area contributed by atoms with Crippen LogP contribution in [0.15, 0.2) is 176 Å². The average Bonchev–Trinajstić information content (AvgIpc) is 3.69. The fraction of sp³-hybridized carbons (Fsp3) is 0.0566. The van der Waals surface area contributed by atoms with Gasteiger partial charge in [-0.15, -0.1) is 0 Å². The van der Waals surface area contributed by atoms with Crippen molar-refractivity contribution < 1.29 is 0 Å². The van der Waals surface area contributed by atoms with Crippen molar-refractivity contribution in [3.63, 3.8) is 0 Å². The van der Waals surface area contributed by atoms with Crippen molar-refractivity contribution in [2.24, 2.45) is 0 Å². The molecule has 0 aliphatic heterocycles. The molecule has 0 bridgehead atoms. The predicted octanol–water partition coefficient (Wildman–Crippen LogP) is 13.8. The van der Waals surface area contributed by atoms with Crippen molar-refractivity contribution in [3.05, 3.63) is 187 Å². The van der Waals surface area contributed by atoms with Crippen molar-refractivity contribution in [2.75, 3.05) is 0 Å². The summed E-state index contributed by atoms with van der Waals surface area (Å²) in [5.74, 6) is 0.724. The lowest BCUT2D eigenvalue weighted by molar-refractivity contribution is 0.661. The smallest absolute Gasteiger partial charge is 0.161 e. The van der Waals surface area contributed by atoms with Gasteiger partial charge in [0, 0.05) is 38.1 Å². The van der Waals surface area contributed by atoms with Gasteiger partial charge in [0.05, 0.1) is 27.9 Å². The van der Waals surface area contributed by atoms with Gasteiger partial charge in [-0.3, -0.25) is 0 Å². The summed E-state index contributed by atoms with van der Waals surface area (Å²) in [4.78, 5) is 10.6. The van der Waals surface area contributed by atoms with E-state index in [9.17, 15) is 0 Å². The molecule has 2 heterocycles. The van der Waals surface area contributed by atoms with E-state index < -0.39 is 0 Å². The highest BCUT2D eigenvalue weighted by Crippen LogP contribution is 2.53. The first kappa shape index (κ1) is 31.3. The van der Waals surface area contributed by atoms with Gasteiger partial charge in [-0.05, 0) is 91.6 Å². The Morgan fingerprint density at radius 1 is 0.429 bits per heavy atom. The van der Waals surface area contributed by atoms with E-state index in [0.29, 0.717) is 0 Å². The first-order chi connectivity index (χ1) is 27.5. The highest BCUT2D eigenvalue weighted by Gasteiger charge is 2.37. The topological polar surface area (TPSA) is 30.7 Å². The zero-order chi connectivity index (χ0) is 37.1. The second-order valence-electron chi connectivity index (χ2n) is 15.8. The molecule has 1 aliphatic carbocycles. The van der Waals surface area contributed by atoms with Crippen molar-refractivity contribution in [3.8, 4) is 39.5 Å². The number of para-hydroxylation sites is 2. The van der Waals surface area contributed by atoms with Crippen LogP contribution >= 0.6 is 0 Å². The molecule has 0 fully saturated rings. The van der Waals surface area contributed by atoms with Crippen LogP contribution in [0.25, 0.3) is 104 Å². The number of aromatic nitrogens is 3. The van der Waals surface area contributed by atoms with Crippen LogP contribution in [0.5, 0.6) is 0 Å². The summed E-state index contributed by atoms with van der Waals surface area (Å²) >= 11 is 0. The summed E-state index contributed by atoms with van der Waals surface area (Å²) in [5, 5.41) is 10.9. The molecular formula is C53H35N3. The Balaban J connectivity index is 1.10. The molecule has 262 valence electrons. The van der Waals surface area contributed by atoms with E-state index >= 15 is 0 Å². The van der Waals surface area contributed by atoms with E-state index in [4.69, 9.17) is 9.97 Å². The fourth-order valence-electron chi connectivity index (χ4n) is 9.65. The fourth-order valence-corrected chi connectivity index (χ4v) is 9.65. The Morgan fingerprint density at radius 3 is 1.96 bits per heavy atom. The molecule has 0 spiro atoms. The van der Waals surface area contributed by atoms with Gasteiger partial charge in [-0.1, -0.05) is 147 Å². The molecule has 0 amide bonds. The van der Waals surface area contributed by atoms with E-state index in [2.05, 4.69) is 194 Å². The zero-order valence-corrected chi connectivity index (χ0v) is 31.1. The lowest BCUT2D eigenvalue weighted by Gasteiger charge is -2.22. The summed E-state index contributed by atoms with van der Waals surface area (Å²) < 4.78 is 2.48. The molecule has 12 rings (SSSR count). The normalized spacial score (nSPS) is 13.3. The molecule has 11 aromatic rings. The Labute approximate surface area is 324 Å². The van der Waals surface area contributed by atoms with Crippen molar-refractivity contribution >= 4 is 65.0 Å². The molecule has 0 unspecified atom stereocenters. The first-order valence-electron chi connectivity index (χ1n) is 19.4. The molecule has 3 nitrogen and oxygen atoms in total. The zero-order valence-electron chi connectivity index (χ0n) is 31.1. The Kier molecular flexibility index (Phi) is 6.40. The van der Waals surface area contributed by atoms with Crippen LogP contribution in [-0.2, 0) is 5.41 Å². The van der Waals surface area contributed by atoms with E-state index in [-0.39, 0.29) is 5.41 Å². The second kappa shape index (κ2) is 11.5. The van der Waals surface area contributed by atoms with Crippen LogP contribution in [0.1, 0.15) is 25.0 Å². The Morgan fingerprint density at radius 2 is 1.11 bits per heavy atom. The van der Waals surface area contributed by atoms with Gasteiger partial charge in [-0.2, -0.15) is 0 Å². The summed E-state index contributed by atoms with van der Waals surface area (Å²) in [6.45, 7) is 4.76. The van der Waals surface area contributed by atoms with Crippen molar-refractivity contribution in [1.29, 1.82) is 0 Å². The molecule has 3 heteroatoms. The van der Waals surface area contributed by atoms with Crippen LogP contribution in [-0.4, -0.2) is 14.5 Å². The number of benzene rings is 9. The maximum Gasteiger partial charge on any atom is 0.161 e. The van der Waals surface area contributed by atoms with Crippen LogP contribution in [0.3, 0.4) is 0 Å². The van der Waals surface area contributed by atoms with Crippen molar-refractivity contribution in [1.82, 2.24) is 14.5 Å². The van der Waals surface area contributed by atoms with Gasteiger partial charge in [0.25, 0.3) is 0 Å². The Hall–Kier alpha value is -7.10. The van der Waals surface area contributed by atoms with E-state index in [0.717, 1.165) is 50.0 Å². The highest BCUT2D eigenvalue weighted by atomic mass is 15.0. The number of nitrogens with zero attached hydrogens (tertiary/aromatic N) is 3. The third kappa shape index (κ3) is 4.34. The third-order valence-corrected chi connectivity index (χ3v) is 12.4. The average molecular weight is 714 g/mol. The predicted molar refractivity (Wildman–Crippen MR) is 235 cm³/mol. The second-order valence-corrected chi connectivity index (χ2v) is 15.8. The number of fused-ring (bicyclic) bond motifs is 11. The third-order valence-electron chi connectivity index (χ3n) is 12.4. The van der Waals surface area contributed by atoms with E-state index in [1.54, 1.807) is 0 Å². The number of hydrogen-bond acceptors (Lipinski definition) is 2. The highest BCUT2D eigenvalue weighted by molar-refractivity contribution is 6.15. The quantitative estimate of drug-likeness (QED) is 0.182. The molecule has 2 aromatic heterocycles. The summed E-state index contributed by atoms with van der Waals surface area (Å²) in [6.07, 6.45) is 0. The lowest BCUT2D eigenvalue weighted by atomic mass is 9.82. The molecule has 0 saturated heterocycles. The maximum absolute atomic E-state index is 5.37. The van der Waals surface area contributed by atoms with Gasteiger partial charge in [0.15, 0.2) is 5.82 Å². The van der Waals surface area contributed by atoms with Gasteiger partial charge in [0.1, 0.15) is 0 Å². The van der Waals surface area contributed by atoms with Gasteiger partial charge < -0.3 is 4.57 Å². The van der Waals surface area contributed by atoms with E-state index in [1.165, 1.54) is 65.6 Å². The SMILES string of the molecule is CC1(C)c2cc3c(cc2-c2c1ccc1ccccc21)c1ccccc1n3-c1ccc(-c2nc(-c3ccc4ccccc4c3)c3ccccc3n2)c2ccccc12. The molecule has 0 atom stereocenters. The van der Waals surface area contributed by atoms with Gasteiger partial charge >= 0.3 is 0 Å². The summed E-state index contributed by atoms with van der Waals surface area (Å²) in [7, 11) is 0. The first-order valence-corrected chi connectivity index (χ1v) is 19.4. The minimum absolute atomic E-state index is 0.147. The van der Waals surface area contributed by atoms with Crippen LogP contribution in [0, 0.1) is 0 Å². The Bertz CT molecular complexity index is 3460. The molecule has 0 saturated carbocycles. The molecule has 56 heavy (non-hydrogen) atoms. The minimum Gasteiger partial charge on any atom is -0.309 e. The monoisotopic (exact) mass is 713 g/mol. The number of rotatable bonds is 3. The van der Waals surface area contributed by atoms with Gasteiger partial charge in [-0.25, -0.2) is 9.97 Å². The molecule has 0 radical (unpaired) electrons. The molecule has 1 aliphatic rings. The molecule has 9 aromatic carbocycles. The molecule has 0 N–H and O–H groups in total. The van der Waals surface area contributed by atoms with Crippen molar-refractivity contribution in [2.45, 2.75) is 19.3 Å². The van der Waals surface area contributed by atoms with Crippen LogP contribution in [0.2, 0.25) is 0 Å². The largest absolute Gasteiger partial charge is 0.309 e. The lowest BCUT2D eigenvalue weighted by Crippen LogP contribution is -2.15. The van der Waals surface area contributed by atoms with Gasteiger partial charge in [0.2, 0.25) is 0 Å². The van der Waals surface area contributed by atoms with E-state index in [1.807, 2.05) is 0 Å². The standard InChI is InChI=1S/C53H35N3/c1-53(2)44-27-25-33-14-5-6-16-36(33)50(44)43-30-42-39-19-10-12-22-47(39)56(49(42)31-45(43)53)48-28-26-40(37-17-7-8-18-38(37)48)52-54-46-21-11-9-20-41(46)51(55-52)35-24-23-32-13-3-4-15-34(32)29-35/h3-31H,1-2H3.